The maximum Gasteiger partial charge on any atom is 0.0585 e. The fourth-order valence-corrected chi connectivity index (χ4v) is 2.54. The topological polar surface area (TPSA) is 21.3 Å². The van der Waals surface area contributed by atoms with Gasteiger partial charge in [0.05, 0.1) is 12.2 Å². The largest absolute Gasteiger partial charge is 0.375 e. The van der Waals surface area contributed by atoms with Gasteiger partial charge in [0, 0.05) is 6.54 Å². The van der Waals surface area contributed by atoms with Crippen molar-refractivity contribution in [2.24, 2.45) is 5.41 Å². The number of rotatable bonds is 5. The lowest BCUT2D eigenvalue weighted by atomic mass is 9.97. The summed E-state index contributed by atoms with van der Waals surface area (Å²) in [5, 5.41) is 3.48. The smallest absolute Gasteiger partial charge is 0.0585 e. The first-order valence-electron chi connectivity index (χ1n) is 6.10. The van der Waals surface area contributed by atoms with E-state index in [4.69, 9.17) is 4.74 Å². The molecule has 2 rings (SSSR count). The Hall–Kier alpha value is -0.0800. The summed E-state index contributed by atoms with van der Waals surface area (Å²) in [6.45, 7) is 6.69. The molecule has 1 saturated carbocycles. The fraction of sp³-hybridized carbons (Fsp3) is 1.00. The Kier molecular flexibility index (Phi) is 3.13. The van der Waals surface area contributed by atoms with Gasteiger partial charge in [-0.25, -0.2) is 0 Å². The Morgan fingerprint density at radius 1 is 1.36 bits per heavy atom. The van der Waals surface area contributed by atoms with Gasteiger partial charge < -0.3 is 10.1 Å². The van der Waals surface area contributed by atoms with Crippen LogP contribution in [0.5, 0.6) is 0 Å². The van der Waals surface area contributed by atoms with Crippen LogP contribution in [0.25, 0.3) is 0 Å². The van der Waals surface area contributed by atoms with Gasteiger partial charge in [-0.2, -0.15) is 0 Å². The zero-order valence-electron chi connectivity index (χ0n) is 9.51. The van der Waals surface area contributed by atoms with Crippen molar-refractivity contribution in [2.75, 3.05) is 13.1 Å². The lowest BCUT2D eigenvalue weighted by Crippen LogP contribution is -2.27. The van der Waals surface area contributed by atoms with Crippen molar-refractivity contribution >= 4 is 0 Å². The second kappa shape index (κ2) is 4.19. The molecule has 0 aromatic rings. The summed E-state index contributed by atoms with van der Waals surface area (Å²) in [7, 11) is 0. The number of nitrogens with one attached hydrogen (secondary N) is 1. The summed E-state index contributed by atoms with van der Waals surface area (Å²) in [6, 6.07) is 0. The molecular weight excluding hydrogens is 174 g/mol. The molecule has 2 heteroatoms. The van der Waals surface area contributed by atoms with Gasteiger partial charge in [0.2, 0.25) is 0 Å². The Morgan fingerprint density at radius 2 is 2.14 bits per heavy atom. The van der Waals surface area contributed by atoms with Gasteiger partial charge in [-0.1, -0.05) is 6.92 Å². The van der Waals surface area contributed by atoms with Crippen LogP contribution in [0.1, 0.15) is 46.0 Å². The summed E-state index contributed by atoms with van der Waals surface area (Å²) in [4.78, 5) is 0. The normalized spacial score (nSPS) is 34.7. The summed E-state index contributed by atoms with van der Waals surface area (Å²) in [5.41, 5.74) is 0.616. The van der Waals surface area contributed by atoms with Crippen LogP contribution in [-0.2, 0) is 4.74 Å². The van der Waals surface area contributed by atoms with Crippen molar-refractivity contribution < 1.29 is 4.74 Å². The molecule has 82 valence electrons. The zero-order chi connectivity index (χ0) is 10.0. The SMILES string of the molecule is CCNCC1(CC2CCC(C)O2)CC1. The van der Waals surface area contributed by atoms with Crippen LogP contribution >= 0.6 is 0 Å². The van der Waals surface area contributed by atoms with Gasteiger partial charge in [-0.3, -0.25) is 0 Å². The van der Waals surface area contributed by atoms with E-state index in [1.807, 2.05) is 0 Å². The predicted molar refractivity (Wildman–Crippen MR) is 58.4 cm³/mol. The minimum Gasteiger partial charge on any atom is -0.375 e. The first kappa shape index (κ1) is 10.4. The van der Waals surface area contributed by atoms with Crippen LogP contribution in [-0.4, -0.2) is 25.3 Å². The van der Waals surface area contributed by atoms with Crippen LogP contribution in [0.3, 0.4) is 0 Å². The van der Waals surface area contributed by atoms with Gasteiger partial charge in [0.15, 0.2) is 0 Å². The third-order valence-electron chi connectivity index (χ3n) is 3.69. The molecule has 0 spiro atoms. The molecular formula is C12H23NO. The third kappa shape index (κ3) is 2.48. The fourth-order valence-electron chi connectivity index (χ4n) is 2.54. The molecule has 1 heterocycles. The maximum absolute atomic E-state index is 5.89. The van der Waals surface area contributed by atoms with Crippen molar-refractivity contribution in [3.05, 3.63) is 0 Å². The number of hydrogen-bond donors (Lipinski definition) is 1. The highest BCUT2D eigenvalue weighted by Crippen LogP contribution is 2.50. The first-order valence-corrected chi connectivity index (χ1v) is 6.10. The molecule has 1 N–H and O–H groups in total. The minimum absolute atomic E-state index is 0.509. The standard InChI is InChI=1S/C12H23NO/c1-3-13-9-12(6-7-12)8-11-5-4-10(2)14-11/h10-11,13H,3-9H2,1-2H3. The van der Waals surface area contributed by atoms with E-state index in [1.165, 1.54) is 38.6 Å². The maximum atomic E-state index is 5.89. The average Bonchev–Trinajstić information content (AvgIpc) is 2.81. The number of hydrogen-bond acceptors (Lipinski definition) is 2. The van der Waals surface area contributed by atoms with Crippen LogP contribution in [0, 0.1) is 5.41 Å². The summed E-state index contributed by atoms with van der Waals surface area (Å²) in [5.74, 6) is 0. The quantitative estimate of drug-likeness (QED) is 0.730. The summed E-state index contributed by atoms with van der Waals surface area (Å²) in [6.07, 6.45) is 7.74. The van der Waals surface area contributed by atoms with Crippen molar-refractivity contribution in [1.82, 2.24) is 5.32 Å². The van der Waals surface area contributed by atoms with Crippen LogP contribution < -0.4 is 5.32 Å². The van der Waals surface area contributed by atoms with E-state index in [-0.39, 0.29) is 0 Å². The van der Waals surface area contributed by atoms with Crippen molar-refractivity contribution in [1.29, 1.82) is 0 Å². The van der Waals surface area contributed by atoms with E-state index in [2.05, 4.69) is 19.2 Å². The first-order chi connectivity index (χ1) is 6.74. The van der Waals surface area contributed by atoms with E-state index in [0.29, 0.717) is 17.6 Å². The monoisotopic (exact) mass is 197 g/mol. The summed E-state index contributed by atoms with van der Waals surface area (Å²) >= 11 is 0. The average molecular weight is 197 g/mol. The van der Waals surface area contributed by atoms with E-state index in [1.54, 1.807) is 0 Å². The molecule has 1 saturated heterocycles. The Morgan fingerprint density at radius 3 is 2.64 bits per heavy atom. The van der Waals surface area contributed by atoms with Crippen LogP contribution in [0.4, 0.5) is 0 Å². The van der Waals surface area contributed by atoms with Gasteiger partial charge in [0.25, 0.3) is 0 Å². The van der Waals surface area contributed by atoms with Gasteiger partial charge >= 0.3 is 0 Å². The molecule has 1 aliphatic heterocycles. The van der Waals surface area contributed by atoms with E-state index in [0.717, 1.165) is 6.54 Å². The Balaban J connectivity index is 1.73. The lowest BCUT2D eigenvalue weighted by Gasteiger charge is -2.20. The molecule has 2 aliphatic rings. The molecule has 0 amide bonds. The van der Waals surface area contributed by atoms with Crippen molar-refractivity contribution in [2.45, 2.75) is 58.2 Å². The molecule has 0 radical (unpaired) electrons. The second-order valence-corrected chi connectivity index (χ2v) is 5.13. The molecule has 1 aliphatic carbocycles. The third-order valence-corrected chi connectivity index (χ3v) is 3.69. The van der Waals surface area contributed by atoms with E-state index in [9.17, 15) is 0 Å². The van der Waals surface area contributed by atoms with Crippen LogP contribution in [0.2, 0.25) is 0 Å². The van der Waals surface area contributed by atoms with Gasteiger partial charge in [0.1, 0.15) is 0 Å². The lowest BCUT2D eigenvalue weighted by molar-refractivity contribution is 0.0379. The van der Waals surface area contributed by atoms with Crippen molar-refractivity contribution in [3.8, 4) is 0 Å². The molecule has 2 unspecified atom stereocenters. The highest BCUT2D eigenvalue weighted by Gasteiger charge is 2.44. The highest BCUT2D eigenvalue weighted by atomic mass is 16.5. The molecule has 2 atom stereocenters. The predicted octanol–water partition coefficient (Wildman–Crippen LogP) is 2.33. The minimum atomic E-state index is 0.509. The van der Waals surface area contributed by atoms with E-state index < -0.39 is 0 Å². The van der Waals surface area contributed by atoms with Crippen LogP contribution in [0.15, 0.2) is 0 Å². The van der Waals surface area contributed by atoms with E-state index >= 15 is 0 Å². The molecule has 0 bridgehead atoms. The molecule has 2 fully saturated rings. The highest BCUT2D eigenvalue weighted by molar-refractivity contribution is 4.97. The van der Waals surface area contributed by atoms with Gasteiger partial charge in [-0.15, -0.1) is 0 Å². The molecule has 2 nitrogen and oxygen atoms in total. The summed E-state index contributed by atoms with van der Waals surface area (Å²) < 4.78 is 5.89. The Labute approximate surface area is 87.4 Å². The molecule has 0 aromatic heterocycles. The second-order valence-electron chi connectivity index (χ2n) is 5.13. The van der Waals surface area contributed by atoms with Crippen molar-refractivity contribution in [3.63, 3.8) is 0 Å². The zero-order valence-corrected chi connectivity index (χ0v) is 9.51. The molecule has 0 aromatic carbocycles. The molecule has 14 heavy (non-hydrogen) atoms. The van der Waals surface area contributed by atoms with Gasteiger partial charge in [-0.05, 0) is 51.0 Å². The Bertz CT molecular complexity index is 189. The number of ether oxygens (including phenoxy) is 1.